The van der Waals surface area contributed by atoms with Gasteiger partial charge in [-0.05, 0) is 31.2 Å². The Hall–Kier alpha value is -2.18. The van der Waals surface area contributed by atoms with E-state index in [-0.39, 0.29) is 23.3 Å². The van der Waals surface area contributed by atoms with Gasteiger partial charge in [-0.25, -0.2) is 4.98 Å². The predicted molar refractivity (Wildman–Crippen MR) is 72.7 cm³/mol. The highest BCUT2D eigenvalue weighted by Gasteiger charge is 2.39. The highest BCUT2D eigenvalue weighted by Crippen LogP contribution is 2.44. The fraction of sp³-hybridized carbons (Fsp3) is 0.538. The van der Waals surface area contributed by atoms with Crippen LogP contribution in [-0.2, 0) is 4.79 Å². The molecule has 0 unspecified atom stereocenters. The molecular weight excluding hydrogens is 262 g/mol. The maximum atomic E-state index is 11.0. The lowest BCUT2D eigenvalue weighted by Crippen LogP contribution is -2.38. The molecule has 7 heteroatoms. The van der Waals surface area contributed by atoms with E-state index in [0.717, 1.165) is 19.3 Å². The van der Waals surface area contributed by atoms with Crippen LogP contribution in [0.15, 0.2) is 12.1 Å². The average Bonchev–Trinajstić information content (AvgIpc) is 2.31. The first-order valence-electron chi connectivity index (χ1n) is 6.50. The van der Waals surface area contributed by atoms with Crippen molar-refractivity contribution in [3.63, 3.8) is 0 Å². The number of nitrogens with one attached hydrogen (secondary N) is 1. The quantitative estimate of drug-likeness (QED) is 0.611. The van der Waals surface area contributed by atoms with Crippen molar-refractivity contribution in [2.45, 2.75) is 32.6 Å². The Bertz CT molecular complexity index is 540. The molecule has 20 heavy (non-hydrogen) atoms. The first-order valence-corrected chi connectivity index (χ1v) is 6.50. The molecule has 1 aromatic rings. The second-order valence-corrected chi connectivity index (χ2v) is 5.36. The number of aromatic nitrogens is 1. The number of carboxylic acid groups (broad SMARTS) is 1. The molecule has 0 spiro atoms. The minimum atomic E-state index is -0.835. The molecule has 2 rings (SSSR count). The van der Waals surface area contributed by atoms with Gasteiger partial charge in [-0.2, -0.15) is 0 Å². The van der Waals surface area contributed by atoms with Gasteiger partial charge in [-0.15, -0.1) is 0 Å². The van der Waals surface area contributed by atoms with Crippen LogP contribution >= 0.6 is 0 Å². The van der Waals surface area contributed by atoms with E-state index in [1.165, 1.54) is 6.07 Å². The lowest BCUT2D eigenvalue weighted by Gasteiger charge is -2.40. The van der Waals surface area contributed by atoms with Gasteiger partial charge in [0, 0.05) is 18.3 Å². The van der Waals surface area contributed by atoms with Crippen molar-refractivity contribution in [2.24, 2.45) is 5.41 Å². The standard InChI is InChI=1S/C13H17N3O4/c1-9-3-4-10(16(19)20)12(15-9)14-8-13(5-2-6-13)7-11(17)18/h3-4H,2,5-8H2,1H3,(H,14,15)(H,17,18). The maximum Gasteiger partial charge on any atom is 0.311 e. The lowest BCUT2D eigenvalue weighted by molar-refractivity contribution is -0.384. The third-order valence-corrected chi connectivity index (χ3v) is 3.78. The van der Waals surface area contributed by atoms with Gasteiger partial charge in [0.05, 0.1) is 11.3 Å². The highest BCUT2D eigenvalue weighted by molar-refractivity contribution is 5.68. The first kappa shape index (κ1) is 14.2. The number of carbonyl (C=O) groups is 1. The smallest absolute Gasteiger partial charge is 0.311 e. The zero-order valence-corrected chi connectivity index (χ0v) is 11.3. The largest absolute Gasteiger partial charge is 0.481 e. The summed E-state index contributed by atoms with van der Waals surface area (Å²) in [6.07, 6.45) is 2.73. The summed E-state index contributed by atoms with van der Waals surface area (Å²) in [7, 11) is 0. The van der Waals surface area contributed by atoms with Gasteiger partial charge in [-0.3, -0.25) is 14.9 Å². The summed E-state index contributed by atoms with van der Waals surface area (Å²) in [5, 5.41) is 22.9. The molecule has 0 radical (unpaired) electrons. The second-order valence-electron chi connectivity index (χ2n) is 5.36. The van der Waals surface area contributed by atoms with Crippen molar-refractivity contribution < 1.29 is 14.8 Å². The summed E-state index contributed by atoms with van der Waals surface area (Å²) < 4.78 is 0. The monoisotopic (exact) mass is 279 g/mol. The fourth-order valence-corrected chi connectivity index (χ4v) is 2.51. The zero-order chi connectivity index (χ0) is 14.8. The molecule has 0 aliphatic heterocycles. The van der Waals surface area contributed by atoms with Gasteiger partial charge in [-0.1, -0.05) is 6.42 Å². The summed E-state index contributed by atoms with van der Waals surface area (Å²) in [4.78, 5) is 25.5. The van der Waals surface area contributed by atoms with Gasteiger partial charge < -0.3 is 10.4 Å². The molecule has 2 N–H and O–H groups in total. The third-order valence-electron chi connectivity index (χ3n) is 3.78. The Morgan fingerprint density at radius 1 is 1.55 bits per heavy atom. The Balaban J connectivity index is 2.12. The van der Waals surface area contributed by atoms with E-state index in [0.29, 0.717) is 12.2 Å². The number of pyridine rings is 1. The topological polar surface area (TPSA) is 105 Å². The molecule has 1 aliphatic rings. The van der Waals surface area contributed by atoms with Gasteiger partial charge in [0.2, 0.25) is 5.82 Å². The van der Waals surface area contributed by atoms with E-state index in [1.807, 2.05) is 0 Å². The molecule has 1 aromatic heterocycles. The molecule has 7 nitrogen and oxygen atoms in total. The first-order chi connectivity index (χ1) is 9.42. The highest BCUT2D eigenvalue weighted by atomic mass is 16.6. The van der Waals surface area contributed by atoms with Crippen LogP contribution in [0.3, 0.4) is 0 Å². The molecule has 1 aliphatic carbocycles. The maximum absolute atomic E-state index is 11.0. The van der Waals surface area contributed by atoms with E-state index in [1.54, 1.807) is 13.0 Å². The van der Waals surface area contributed by atoms with Gasteiger partial charge >= 0.3 is 11.7 Å². The van der Waals surface area contributed by atoms with Crippen LogP contribution in [0, 0.1) is 22.5 Å². The van der Waals surface area contributed by atoms with Crippen LogP contribution in [0.1, 0.15) is 31.4 Å². The number of hydrogen-bond acceptors (Lipinski definition) is 5. The van der Waals surface area contributed by atoms with Gasteiger partial charge in [0.1, 0.15) is 0 Å². The number of rotatable bonds is 6. The summed E-state index contributed by atoms with van der Waals surface area (Å²) in [5.74, 6) is -0.620. The zero-order valence-electron chi connectivity index (χ0n) is 11.3. The van der Waals surface area contributed by atoms with E-state index in [4.69, 9.17) is 5.11 Å². The summed E-state index contributed by atoms with van der Waals surface area (Å²) in [6, 6.07) is 3.00. The molecule has 0 bridgehead atoms. The molecule has 108 valence electrons. The fourth-order valence-electron chi connectivity index (χ4n) is 2.51. The van der Waals surface area contributed by atoms with Crippen molar-refractivity contribution in [1.29, 1.82) is 0 Å². The van der Waals surface area contributed by atoms with Crippen molar-refractivity contribution >= 4 is 17.5 Å². The Kier molecular flexibility index (Phi) is 3.87. The Morgan fingerprint density at radius 3 is 2.75 bits per heavy atom. The van der Waals surface area contributed by atoms with Crippen LogP contribution < -0.4 is 5.32 Å². The van der Waals surface area contributed by atoms with E-state index in [2.05, 4.69) is 10.3 Å². The molecule has 1 saturated carbocycles. The minimum absolute atomic E-state index is 0.0829. The normalized spacial score (nSPS) is 16.2. The van der Waals surface area contributed by atoms with E-state index in [9.17, 15) is 14.9 Å². The number of anilines is 1. The number of hydrogen-bond donors (Lipinski definition) is 2. The van der Waals surface area contributed by atoms with Crippen LogP contribution in [0.25, 0.3) is 0 Å². The minimum Gasteiger partial charge on any atom is -0.481 e. The van der Waals surface area contributed by atoms with Gasteiger partial charge in [0.15, 0.2) is 0 Å². The lowest BCUT2D eigenvalue weighted by atomic mass is 9.66. The third kappa shape index (κ3) is 3.04. The number of nitro groups is 1. The second kappa shape index (κ2) is 5.44. The number of aryl methyl sites for hydroxylation is 1. The van der Waals surface area contributed by atoms with Crippen molar-refractivity contribution in [1.82, 2.24) is 4.98 Å². The summed E-state index contributed by atoms with van der Waals surface area (Å²) in [6.45, 7) is 2.15. The van der Waals surface area contributed by atoms with Crippen LogP contribution in [0.5, 0.6) is 0 Å². The molecular formula is C13H17N3O4. The molecule has 0 atom stereocenters. The SMILES string of the molecule is Cc1ccc([N+](=O)[O-])c(NCC2(CC(=O)O)CCC2)n1. The molecule has 0 saturated heterocycles. The number of aliphatic carboxylic acids is 1. The summed E-state index contributed by atoms with van der Waals surface area (Å²) in [5.41, 5.74) is 0.296. The van der Waals surface area contributed by atoms with Crippen molar-refractivity contribution in [2.75, 3.05) is 11.9 Å². The van der Waals surface area contributed by atoms with Crippen LogP contribution in [0.4, 0.5) is 11.5 Å². The van der Waals surface area contributed by atoms with Crippen LogP contribution in [-0.4, -0.2) is 27.5 Å². The molecule has 0 amide bonds. The van der Waals surface area contributed by atoms with Gasteiger partial charge in [0.25, 0.3) is 0 Å². The van der Waals surface area contributed by atoms with Crippen molar-refractivity contribution in [3.05, 3.63) is 27.9 Å². The molecule has 1 fully saturated rings. The molecule has 1 heterocycles. The Morgan fingerprint density at radius 2 is 2.25 bits per heavy atom. The van der Waals surface area contributed by atoms with Crippen LogP contribution in [0.2, 0.25) is 0 Å². The predicted octanol–water partition coefficient (Wildman–Crippen LogP) is 2.36. The Labute approximate surface area is 116 Å². The van der Waals surface area contributed by atoms with Crippen molar-refractivity contribution in [3.8, 4) is 0 Å². The van der Waals surface area contributed by atoms with E-state index < -0.39 is 10.9 Å². The number of carboxylic acids is 1. The number of nitrogens with zero attached hydrogens (tertiary/aromatic N) is 2. The summed E-state index contributed by atoms with van der Waals surface area (Å²) >= 11 is 0. The average molecular weight is 279 g/mol. The molecule has 0 aromatic carbocycles. The van der Waals surface area contributed by atoms with E-state index >= 15 is 0 Å².